The fraction of sp³-hybridized carbons (Fsp3) is 0.294. The van der Waals surface area contributed by atoms with Crippen molar-refractivity contribution in [1.82, 2.24) is 5.32 Å². The molecule has 2 heteroatoms. The van der Waals surface area contributed by atoms with Crippen LogP contribution in [0, 0.1) is 6.92 Å². The summed E-state index contributed by atoms with van der Waals surface area (Å²) < 4.78 is 1.17. The first-order chi connectivity index (χ1) is 9.20. The van der Waals surface area contributed by atoms with E-state index in [1.54, 1.807) is 0 Å². The minimum atomic E-state index is 0.350. The molecule has 19 heavy (non-hydrogen) atoms. The van der Waals surface area contributed by atoms with Crippen molar-refractivity contribution in [2.45, 2.75) is 26.3 Å². The van der Waals surface area contributed by atoms with Crippen LogP contribution >= 0.6 is 15.9 Å². The van der Waals surface area contributed by atoms with Crippen LogP contribution in [0.2, 0.25) is 0 Å². The molecule has 0 bridgehead atoms. The SMILES string of the molecule is CCNC(Cc1ccc(C)cc1)c1ccccc1Br. The minimum Gasteiger partial charge on any atom is -0.310 e. The van der Waals surface area contributed by atoms with E-state index in [2.05, 4.69) is 83.6 Å². The Kier molecular flexibility index (Phi) is 5.17. The fourth-order valence-electron chi connectivity index (χ4n) is 2.26. The monoisotopic (exact) mass is 317 g/mol. The summed E-state index contributed by atoms with van der Waals surface area (Å²) in [4.78, 5) is 0. The average molecular weight is 318 g/mol. The van der Waals surface area contributed by atoms with Gasteiger partial charge in [0.05, 0.1) is 0 Å². The van der Waals surface area contributed by atoms with Crippen molar-refractivity contribution >= 4 is 15.9 Å². The lowest BCUT2D eigenvalue weighted by Crippen LogP contribution is -2.23. The number of nitrogens with one attached hydrogen (secondary N) is 1. The maximum absolute atomic E-state index is 3.65. The third-order valence-corrected chi connectivity index (χ3v) is 4.01. The van der Waals surface area contributed by atoms with Gasteiger partial charge in [-0.25, -0.2) is 0 Å². The van der Waals surface area contributed by atoms with Crippen molar-refractivity contribution in [2.75, 3.05) is 6.54 Å². The van der Waals surface area contributed by atoms with Crippen LogP contribution in [-0.4, -0.2) is 6.54 Å². The highest BCUT2D eigenvalue weighted by Gasteiger charge is 2.13. The average Bonchev–Trinajstić information content (AvgIpc) is 2.41. The van der Waals surface area contributed by atoms with Gasteiger partial charge in [0.2, 0.25) is 0 Å². The van der Waals surface area contributed by atoms with Crippen molar-refractivity contribution in [3.8, 4) is 0 Å². The lowest BCUT2D eigenvalue weighted by atomic mass is 9.98. The maximum Gasteiger partial charge on any atom is 0.0372 e. The predicted molar refractivity (Wildman–Crippen MR) is 85.4 cm³/mol. The Bertz CT molecular complexity index is 519. The molecule has 0 aromatic heterocycles. The third-order valence-electron chi connectivity index (χ3n) is 3.29. The molecule has 0 aliphatic rings. The van der Waals surface area contributed by atoms with Crippen LogP contribution < -0.4 is 5.32 Å². The highest BCUT2D eigenvalue weighted by Crippen LogP contribution is 2.26. The summed E-state index contributed by atoms with van der Waals surface area (Å²) in [5.74, 6) is 0. The van der Waals surface area contributed by atoms with E-state index in [1.165, 1.54) is 21.2 Å². The number of benzene rings is 2. The van der Waals surface area contributed by atoms with Crippen molar-refractivity contribution in [3.63, 3.8) is 0 Å². The van der Waals surface area contributed by atoms with E-state index in [4.69, 9.17) is 0 Å². The Morgan fingerprint density at radius 1 is 1.05 bits per heavy atom. The summed E-state index contributed by atoms with van der Waals surface area (Å²) in [5, 5.41) is 3.57. The summed E-state index contributed by atoms with van der Waals surface area (Å²) in [6.07, 6.45) is 1.01. The molecule has 0 aliphatic carbocycles. The second-order valence-electron chi connectivity index (χ2n) is 4.82. The minimum absolute atomic E-state index is 0.350. The number of halogens is 1. The molecule has 0 saturated carbocycles. The van der Waals surface area contributed by atoms with Crippen molar-refractivity contribution in [1.29, 1.82) is 0 Å². The molecule has 0 amide bonds. The zero-order valence-corrected chi connectivity index (χ0v) is 13.1. The molecule has 0 fully saturated rings. The predicted octanol–water partition coefficient (Wildman–Crippen LogP) is 4.65. The van der Waals surface area contributed by atoms with Gasteiger partial charge in [0.1, 0.15) is 0 Å². The molecule has 1 N–H and O–H groups in total. The molecule has 0 spiro atoms. The van der Waals surface area contributed by atoms with E-state index in [9.17, 15) is 0 Å². The van der Waals surface area contributed by atoms with Crippen LogP contribution in [0.5, 0.6) is 0 Å². The first-order valence-electron chi connectivity index (χ1n) is 6.74. The van der Waals surface area contributed by atoms with E-state index in [1.807, 2.05) is 0 Å². The topological polar surface area (TPSA) is 12.0 Å². The van der Waals surface area contributed by atoms with Crippen LogP contribution in [0.15, 0.2) is 53.0 Å². The van der Waals surface area contributed by atoms with Gasteiger partial charge in [0.25, 0.3) is 0 Å². The molecule has 0 saturated heterocycles. The second kappa shape index (κ2) is 6.88. The Morgan fingerprint density at radius 2 is 1.74 bits per heavy atom. The summed E-state index contributed by atoms with van der Waals surface area (Å²) in [5.41, 5.74) is 4.00. The van der Waals surface area contributed by atoms with Crippen molar-refractivity contribution < 1.29 is 0 Å². The van der Waals surface area contributed by atoms with Gasteiger partial charge in [0, 0.05) is 10.5 Å². The largest absolute Gasteiger partial charge is 0.310 e. The van der Waals surface area contributed by atoms with Gasteiger partial charge >= 0.3 is 0 Å². The van der Waals surface area contributed by atoms with Crippen molar-refractivity contribution in [3.05, 3.63) is 69.7 Å². The Hall–Kier alpha value is -1.12. The molecule has 100 valence electrons. The maximum atomic E-state index is 3.65. The highest BCUT2D eigenvalue weighted by atomic mass is 79.9. The van der Waals surface area contributed by atoms with Crippen LogP contribution in [0.1, 0.15) is 29.7 Å². The van der Waals surface area contributed by atoms with Gasteiger partial charge in [-0.15, -0.1) is 0 Å². The summed E-state index contributed by atoms with van der Waals surface area (Å²) >= 11 is 3.65. The van der Waals surface area contributed by atoms with E-state index < -0.39 is 0 Å². The van der Waals surface area contributed by atoms with Crippen LogP contribution in [0.25, 0.3) is 0 Å². The molecular formula is C17H20BrN. The highest BCUT2D eigenvalue weighted by molar-refractivity contribution is 9.10. The van der Waals surface area contributed by atoms with Gasteiger partial charge in [-0.1, -0.05) is 70.9 Å². The lowest BCUT2D eigenvalue weighted by Gasteiger charge is -2.20. The number of aryl methyl sites for hydroxylation is 1. The number of hydrogen-bond acceptors (Lipinski definition) is 1. The molecule has 0 radical (unpaired) electrons. The zero-order chi connectivity index (χ0) is 13.7. The number of hydrogen-bond donors (Lipinski definition) is 1. The molecule has 0 aliphatic heterocycles. The smallest absolute Gasteiger partial charge is 0.0372 e. The quantitative estimate of drug-likeness (QED) is 0.846. The van der Waals surface area contributed by atoms with Crippen LogP contribution in [-0.2, 0) is 6.42 Å². The van der Waals surface area contributed by atoms with E-state index in [0.717, 1.165) is 13.0 Å². The van der Waals surface area contributed by atoms with Gasteiger partial charge in [-0.05, 0) is 37.1 Å². The molecule has 1 unspecified atom stereocenters. The first-order valence-corrected chi connectivity index (χ1v) is 7.53. The molecule has 1 atom stereocenters. The normalized spacial score (nSPS) is 12.4. The van der Waals surface area contributed by atoms with Gasteiger partial charge in [-0.3, -0.25) is 0 Å². The van der Waals surface area contributed by atoms with Crippen LogP contribution in [0.4, 0.5) is 0 Å². The molecule has 0 heterocycles. The Labute approximate surface area is 124 Å². The van der Waals surface area contributed by atoms with Gasteiger partial charge in [-0.2, -0.15) is 0 Å². The standard InChI is InChI=1S/C17H20BrN/c1-3-19-17(15-6-4-5-7-16(15)18)12-14-10-8-13(2)9-11-14/h4-11,17,19H,3,12H2,1-2H3. The fourth-order valence-corrected chi connectivity index (χ4v) is 2.82. The number of likely N-dealkylation sites (N-methyl/N-ethyl adjacent to an activating group) is 1. The first kappa shape index (κ1) is 14.3. The molecule has 2 aromatic carbocycles. The van der Waals surface area contributed by atoms with Crippen molar-refractivity contribution in [2.24, 2.45) is 0 Å². The van der Waals surface area contributed by atoms with E-state index in [-0.39, 0.29) is 0 Å². The number of rotatable bonds is 5. The summed E-state index contributed by atoms with van der Waals surface area (Å²) in [6.45, 7) is 5.25. The zero-order valence-electron chi connectivity index (χ0n) is 11.5. The van der Waals surface area contributed by atoms with Gasteiger partial charge < -0.3 is 5.32 Å². The van der Waals surface area contributed by atoms with E-state index in [0.29, 0.717) is 6.04 Å². The molecule has 2 aromatic rings. The van der Waals surface area contributed by atoms with Gasteiger partial charge in [0.15, 0.2) is 0 Å². The third kappa shape index (κ3) is 3.92. The Morgan fingerprint density at radius 3 is 2.37 bits per heavy atom. The van der Waals surface area contributed by atoms with E-state index >= 15 is 0 Å². The Balaban J connectivity index is 2.21. The lowest BCUT2D eigenvalue weighted by molar-refractivity contribution is 0.548. The molecule has 1 nitrogen and oxygen atoms in total. The molecular weight excluding hydrogens is 298 g/mol. The summed E-state index contributed by atoms with van der Waals surface area (Å²) in [6, 6.07) is 17.6. The second-order valence-corrected chi connectivity index (χ2v) is 5.68. The summed E-state index contributed by atoms with van der Waals surface area (Å²) in [7, 11) is 0. The molecule has 2 rings (SSSR count). The van der Waals surface area contributed by atoms with Crippen LogP contribution in [0.3, 0.4) is 0 Å².